The van der Waals surface area contributed by atoms with Gasteiger partial charge >= 0.3 is 6.08 Å². The smallest absolute Gasteiger partial charge is 0.399 e. The molecule has 2 rings (SSSR count). The third-order valence-corrected chi connectivity index (χ3v) is 2.79. The molecule has 0 saturated heterocycles. The van der Waals surface area contributed by atoms with E-state index in [1.165, 1.54) is 0 Å². The first kappa shape index (κ1) is 15.3. The zero-order valence-corrected chi connectivity index (χ0v) is 13.0. The average Bonchev–Trinajstić information content (AvgIpc) is 2.86. The number of para-hydroxylation sites is 1. The van der Waals surface area contributed by atoms with E-state index in [9.17, 15) is 0 Å². The summed E-state index contributed by atoms with van der Waals surface area (Å²) in [6.45, 7) is 8.94. The Morgan fingerprint density at radius 2 is 2.05 bits per heavy atom. The van der Waals surface area contributed by atoms with Gasteiger partial charge in [0.05, 0.1) is 5.69 Å². The van der Waals surface area contributed by atoms with Gasteiger partial charge in [-0.2, -0.15) is 4.98 Å². The normalized spacial score (nSPS) is 12.0. The summed E-state index contributed by atoms with van der Waals surface area (Å²) < 4.78 is 11.1. The summed E-state index contributed by atoms with van der Waals surface area (Å²) in [6, 6.07) is 7.77. The fraction of sp³-hybridized carbons (Fsp3) is 0.353. The predicted octanol–water partition coefficient (Wildman–Crippen LogP) is 4.39. The summed E-state index contributed by atoms with van der Waals surface area (Å²) in [6.07, 6.45) is 5.83. The Kier molecular flexibility index (Phi) is 4.81. The van der Waals surface area contributed by atoms with Crippen LogP contribution in [0.3, 0.4) is 0 Å². The Morgan fingerprint density at radius 3 is 2.76 bits per heavy atom. The molecule has 4 nitrogen and oxygen atoms in total. The summed E-state index contributed by atoms with van der Waals surface area (Å²) in [5.74, 6) is 0.729. The van der Waals surface area contributed by atoms with Crippen molar-refractivity contribution < 1.29 is 9.15 Å². The van der Waals surface area contributed by atoms with Gasteiger partial charge in [0, 0.05) is 17.6 Å². The third kappa shape index (κ3) is 4.76. The van der Waals surface area contributed by atoms with Gasteiger partial charge in [0.15, 0.2) is 0 Å². The number of allylic oxidation sites excluding steroid dienone is 1. The van der Waals surface area contributed by atoms with Crippen molar-refractivity contribution in [2.24, 2.45) is 0 Å². The first-order valence-corrected chi connectivity index (χ1v) is 7.07. The highest BCUT2D eigenvalue weighted by Crippen LogP contribution is 2.25. The quantitative estimate of drug-likeness (QED) is 0.885. The maximum atomic E-state index is 5.72. The zero-order valence-electron chi connectivity index (χ0n) is 13.0. The van der Waals surface area contributed by atoms with Crippen LogP contribution in [0.4, 0.5) is 0 Å². The molecule has 1 aromatic carbocycles. The number of nitrogens with one attached hydrogen (secondary N) is 1. The van der Waals surface area contributed by atoms with E-state index in [4.69, 9.17) is 9.15 Å². The molecule has 1 N–H and O–H groups in total. The van der Waals surface area contributed by atoms with Crippen LogP contribution in [-0.4, -0.2) is 10.5 Å². The second-order valence-corrected chi connectivity index (χ2v) is 5.85. The van der Waals surface area contributed by atoms with Gasteiger partial charge in [-0.25, -0.2) is 0 Å². The maximum absolute atomic E-state index is 5.72. The monoisotopic (exact) mass is 286 g/mol. The molecule has 0 fully saturated rings. The van der Waals surface area contributed by atoms with Crippen molar-refractivity contribution in [3.8, 4) is 11.8 Å². The van der Waals surface area contributed by atoms with Gasteiger partial charge in [0.1, 0.15) is 12.0 Å². The van der Waals surface area contributed by atoms with Crippen LogP contribution in [0.5, 0.6) is 11.8 Å². The van der Waals surface area contributed by atoms with E-state index in [-0.39, 0.29) is 11.6 Å². The Hall–Kier alpha value is -2.07. The molecule has 2 aromatic rings. The number of hydrogen-bond acceptors (Lipinski definition) is 4. The highest BCUT2D eigenvalue weighted by atomic mass is 16.6. The highest BCUT2D eigenvalue weighted by molar-refractivity contribution is 5.57. The molecule has 0 aliphatic carbocycles. The van der Waals surface area contributed by atoms with Crippen LogP contribution < -0.4 is 10.1 Å². The standard InChI is InChI=1S/C17H22N2O2/c1-5-8-13-9-6-7-10-15(13)21-16-19-14(12-20-16)11-18-17(2,3)4/h5-10,12,18H,11H2,1-4H3/b8-5+. The van der Waals surface area contributed by atoms with E-state index in [0.29, 0.717) is 6.54 Å². The van der Waals surface area contributed by atoms with Crippen LogP contribution in [0.2, 0.25) is 0 Å². The SMILES string of the molecule is C/C=C/c1ccccc1Oc1nc(CNC(C)(C)C)co1. The number of hydrogen-bond donors (Lipinski definition) is 1. The molecule has 0 aliphatic heterocycles. The Labute approximate surface area is 125 Å². The first-order chi connectivity index (χ1) is 9.98. The van der Waals surface area contributed by atoms with Crippen molar-refractivity contribution in [3.63, 3.8) is 0 Å². The van der Waals surface area contributed by atoms with Crippen molar-refractivity contribution in [3.05, 3.63) is 47.9 Å². The number of aromatic nitrogens is 1. The molecule has 0 radical (unpaired) electrons. The topological polar surface area (TPSA) is 47.3 Å². The van der Waals surface area contributed by atoms with Gasteiger partial charge in [-0.05, 0) is 33.8 Å². The van der Waals surface area contributed by atoms with Crippen LogP contribution in [0.15, 0.2) is 41.0 Å². The summed E-state index contributed by atoms with van der Waals surface area (Å²) in [5, 5.41) is 3.36. The van der Waals surface area contributed by atoms with E-state index < -0.39 is 0 Å². The molecular weight excluding hydrogens is 264 g/mol. The molecule has 0 spiro atoms. The lowest BCUT2D eigenvalue weighted by Gasteiger charge is -2.19. The van der Waals surface area contributed by atoms with Gasteiger partial charge in [-0.1, -0.05) is 30.4 Å². The zero-order chi connectivity index (χ0) is 15.3. The fourth-order valence-corrected chi connectivity index (χ4v) is 1.76. The summed E-state index contributed by atoms with van der Waals surface area (Å²) >= 11 is 0. The summed E-state index contributed by atoms with van der Waals surface area (Å²) in [4.78, 5) is 4.33. The van der Waals surface area contributed by atoms with Crippen LogP contribution in [0.25, 0.3) is 6.08 Å². The Balaban J connectivity index is 2.06. The van der Waals surface area contributed by atoms with E-state index in [2.05, 4.69) is 31.1 Å². The lowest BCUT2D eigenvalue weighted by atomic mass is 10.1. The van der Waals surface area contributed by atoms with Gasteiger partial charge in [-0.15, -0.1) is 0 Å². The van der Waals surface area contributed by atoms with Gasteiger partial charge in [0.25, 0.3) is 0 Å². The molecule has 0 atom stereocenters. The molecule has 0 amide bonds. The second kappa shape index (κ2) is 6.59. The molecule has 4 heteroatoms. The van der Waals surface area contributed by atoms with Crippen molar-refractivity contribution in [1.82, 2.24) is 10.3 Å². The van der Waals surface area contributed by atoms with Gasteiger partial charge < -0.3 is 14.5 Å². The van der Waals surface area contributed by atoms with Crippen molar-refractivity contribution in [1.29, 1.82) is 0 Å². The van der Waals surface area contributed by atoms with E-state index in [1.54, 1.807) is 6.26 Å². The van der Waals surface area contributed by atoms with Crippen LogP contribution in [-0.2, 0) is 6.54 Å². The fourth-order valence-electron chi connectivity index (χ4n) is 1.76. The minimum atomic E-state index is 0.0402. The minimum absolute atomic E-state index is 0.0402. The van der Waals surface area contributed by atoms with Crippen molar-refractivity contribution >= 4 is 6.08 Å². The van der Waals surface area contributed by atoms with Gasteiger partial charge in [-0.3, -0.25) is 0 Å². The van der Waals surface area contributed by atoms with Crippen LogP contribution in [0.1, 0.15) is 39.0 Å². The lowest BCUT2D eigenvalue weighted by molar-refractivity contribution is 0.330. The maximum Gasteiger partial charge on any atom is 0.399 e. The van der Waals surface area contributed by atoms with Crippen LogP contribution >= 0.6 is 0 Å². The number of nitrogens with zero attached hydrogens (tertiary/aromatic N) is 1. The molecule has 0 aliphatic rings. The number of ether oxygens (including phenoxy) is 1. The van der Waals surface area contributed by atoms with Crippen LogP contribution in [0, 0.1) is 0 Å². The Morgan fingerprint density at radius 1 is 1.29 bits per heavy atom. The Bertz CT molecular complexity index is 609. The molecular formula is C17H22N2O2. The third-order valence-electron chi connectivity index (χ3n) is 2.79. The van der Waals surface area contributed by atoms with Crippen molar-refractivity contribution in [2.45, 2.75) is 39.8 Å². The molecule has 21 heavy (non-hydrogen) atoms. The molecule has 0 bridgehead atoms. The minimum Gasteiger partial charge on any atom is -0.417 e. The number of benzene rings is 1. The molecule has 1 heterocycles. The van der Waals surface area contributed by atoms with Crippen molar-refractivity contribution in [2.75, 3.05) is 0 Å². The largest absolute Gasteiger partial charge is 0.417 e. The molecule has 0 saturated carbocycles. The lowest BCUT2D eigenvalue weighted by Crippen LogP contribution is -2.35. The average molecular weight is 286 g/mol. The van der Waals surface area contributed by atoms with E-state index in [0.717, 1.165) is 17.0 Å². The highest BCUT2D eigenvalue weighted by Gasteiger charge is 2.12. The predicted molar refractivity (Wildman–Crippen MR) is 84.3 cm³/mol. The summed E-state index contributed by atoms with van der Waals surface area (Å²) in [5.41, 5.74) is 1.86. The molecule has 1 aromatic heterocycles. The summed E-state index contributed by atoms with van der Waals surface area (Å²) in [7, 11) is 0. The first-order valence-electron chi connectivity index (χ1n) is 7.07. The number of oxazole rings is 1. The molecule has 0 unspecified atom stereocenters. The molecule has 112 valence electrons. The second-order valence-electron chi connectivity index (χ2n) is 5.85. The van der Waals surface area contributed by atoms with E-state index in [1.807, 2.05) is 43.3 Å². The van der Waals surface area contributed by atoms with E-state index >= 15 is 0 Å². The van der Waals surface area contributed by atoms with Gasteiger partial charge in [0.2, 0.25) is 0 Å². The number of rotatable bonds is 5.